The van der Waals surface area contributed by atoms with Crippen molar-refractivity contribution in [2.45, 2.75) is 11.8 Å². The minimum absolute atomic E-state index is 0.140. The molecule has 4 nitrogen and oxygen atoms in total. The molecule has 21 heavy (non-hydrogen) atoms. The maximum absolute atomic E-state index is 12.3. The molecule has 0 spiro atoms. The second kappa shape index (κ2) is 6.15. The van der Waals surface area contributed by atoms with Crippen LogP contribution in [0.15, 0.2) is 47.4 Å². The first-order valence-electron chi connectivity index (χ1n) is 6.15. The van der Waals surface area contributed by atoms with E-state index in [2.05, 4.69) is 27.9 Å². The molecule has 2 aromatic rings. The van der Waals surface area contributed by atoms with E-state index in [1.54, 1.807) is 25.1 Å². The van der Waals surface area contributed by atoms with Gasteiger partial charge >= 0.3 is 0 Å². The minimum Gasteiger partial charge on any atom is -0.322 e. The van der Waals surface area contributed by atoms with E-state index in [1.807, 2.05) is 12.1 Å². The van der Waals surface area contributed by atoms with Gasteiger partial charge in [-0.05, 0) is 71.5 Å². The van der Waals surface area contributed by atoms with Gasteiger partial charge in [0.05, 0.1) is 4.90 Å². The number of carbonyl (C=O) groups is 1. The molecule has 0 aliphatic rings. The van der Waals surface area contributed by atoms with E-state index in [0.717, 1.165) is 15.4 Å². The number of benzene rings is 2. The number of halogens is 1. The average molecular weight is 415 g/mol. The predicted octanol–water partition coefficient (Wildman–Crippen LogP) is 3.26. The van der Waals surface area contributed by atoms with Crippen molar-refractivity contribution in [1.82, 2.24) is 0 Å². The molecule has 0 aromatic heterocycles. The maximum atomic E-state index is 12.3. The maximum Gasteiger partial charge on any atom is 0.255 e. The lowest BCUT2D eigenvalue weighted by molar-refractivity contribution is 0.102. The Bertz CT molecular complexity index is 783. The summed E-state index contributed by atoms with van der Waals surface area (Å²) in [5.74, 6) is -0.320. The van der Waals surface area contributed by atoms with Gasteiger partial charge in [-0.1, -0.05) is 6.07 Å². The van der Waals surface area contributed by atoms with Gasteiger partial charge in [0.25, 0.3) is 5.91 Å². The summed E-state index contributed by atoms with van der Waals surface area (Å²) in [7, 11) is -3.34. The van der Waals surface area contributed by atoms with Crippen molar-refractivity contribution in [2.24, 2.45) is 0 Å². The third-order valence-electron chi connectivity index (χ3n) is 2.98. The van der Waals surface area contributed by atoms with Crippen LogP contribution in [0.3, 0.4) is 0 Å². The molecule has 2 aromatic carbocycles. The third-order valence-corrected chi connectivity index (χ3v) is 4.81. The van der Waals surface area contributed by atoms with E-state index in [9.17, 15) is 13.2 Å². The van der Waals surface area contributed by atoms with Crippen molar-refractivity contribution in [3.05, 3.63) is 57.2 Å². The third kappa shape index (κ3) is 4.04. The smallest absolute Gasteiger partial charge is 0.255 e. The predicted molar refractivity (Wildman–Crippen MR) is 91.4 cm³/mol. The SMILES string of the molecule is Cc1ccc(S(C)(=O)=O)cc1C(=O)Nc1ccc(I)cc1. The summed E-state index contributed by atoms with van der Waals surface area (Å²) in [4.78, 5) is 12.4. The van der Waals surface area contributed by atoms with Crippen LogP contribution in [-0.2, 0) is 9.84 Å². The first-order chi connectivity index (χ1) is 9.77. The quantitative estimate of drug-likeness (QED) is 0.783. The minimum atomic E-state index is -3.34. The normalized spacial score (nSPS) is 11.2. The fraction of sp³-hybridized carbons (Fsp3) is 0.133. The molecule has 0 aliphatic heterocycles. The Kier molecular flexibility index (Phi) is 4.67. The summed E-state index contributed by atoms with van der Waals surface area (Å²) in [6.07, 6.45) is 1.12. The summed E-state index contributed by atoms with van der Waals surface area (Å²) in [6, 6.07) is 11.9. The molecule has 0 bridgehead atoms. The Labute approximate surface area is 137 Å². The monoisotopic (exact) mass is 415 g/mol. The van der Waals surface area contributed by atoms with Gasteiger partial charge in [-0.15, -0.1) is 0 Å². The Morgan fingerprint density at radius 2 is 1.71 bits per heavy atom. The lowest BCUT2D eigenvalue weighted by atomic mass is 10.1. The summed E-state index contributed by atoms with van der Waals surface area (Å²) >= 11 is 2.18. The number of sulfone groups is 1. The van der Waals surface area contributed by atoms with Gasteiger partial charge in [0.2, 0.25) is 0 Å². The van der Waals surface area contributed by atoms with E-state index in [0.29, 0.717) is 11.3 Å². The molecule has 1 N–H and O–H groups in total. The van der Waals surface area contributed by atoms with Gasteiger partial charge in [-0.3, -0.25) is 4.79 Å². The zero-order chi connectivity index (χ0) is 15.6. The van der Waals surface area contributed by atoms with Gasteiger partial charge in [0.1, 0.15) is 0 Å². The number of nitrogens with one attached hydrogen (secondary N) is 1. The van der Waals surface area contributed by atoms with Gasteiger partial charge < -0.3 is 5.32 Å². The molecule has 0 unspecified atom stereocenters. The van der Waals surface area contributed by atoms with Crippen LogP contribution in [0, 0.1) is 10.5 Å². The number of aryl methyl sites for hydroxylation is 1. The van der Waals surface area contributed by atoms with Crippen LogP contribution in [0.2, 0.25) is 0 Å². The largest absolute Gasteiger partial charge is 0.322 e. The topological polar surface area (TPSA) is 63.2 Å². The number of hydrogen-bond acceptors (Lipinski definition) is 3. The molecule has 0 saturated carbocycles. The highest BCUT2D eigenvalue weighted by Crippen LogP contribution is 2.18. The lowest BCUT2D eigenvalue weighted by Gasteiger charge is -2.09. The van der Waals surface area contributed by atoms with Crippen LogP contribution in [-0.4, -0.2) is 20.6 Å². The summed E-state index contributed by atoms with van der Waals surface area (Å²) in [5, 5.41) is 2.77. The fourth-order valence-electron chi connectivity index (χ4n) is 1.81. The molecule has 6 heteroatoms. The second-order valence-electron chi connectivity index (χ2n) is 4.71. The number of carbonyl (C=O) groups excluding carboxylic acids is 1. The molecule has 1 amide bonds. The van der Waals surface area contributed by atoms with Gasteiger partial charge in [-0.25, -0.2) is 8.42 Å². The lowest BCUT2D eigenvalue weighted by Crippen LogP contribution is -2.14. The highest BCUT2D eigenvalue weighted by atomic mass is 127. The summed E-state index contributed by atoms with van der Waals surface area (Å²) in [5.41, 5.74) is 1.76. The molecular weight excluding hydrogens is 401 g/mol. The summed E-state index contributed by atoms with van der Waals surface area (Å²) in [6.45, 7) is 1.77. The molecule has 0 fully saturated rings. The van der Waals surface area contributed by atoms with Crippen LogP contribution in [0.5, 0.6) is 0 Å². The first kappa shape index (κ1) is 16.0. The number of rotatable bonds is 3. The average Bonchev–Trinajstić information content (AvgIpc) is 2.40. The summed E-state index contributed by atoms with van der Waals surface area (Å²) < 4.78 is 24.2. The molecule has 110 valence electrons. The molecule has 2 rings (SSSR count). The van der Waals surface area contributed by atoms with E-state index >= 15 is 0 Å². The fourth-order valence-corrected chi connectivity index (χ4v) is 2.81. The Morgan fingerprint density at radius 1 is 1.10 bits per heavy atom. The van der Waals surface area contributed by atoms with Crippen molar-refractivity contribution >= 4 is 44.0 Å². The zero-order valence-corrected chi connectivity index (χ0v) is 14.5. The van der Waals surface area contributed by atoms with Crippen molar-refractivity contribution < 1.29 is 13.2 Å². The number of hydrogen-bond donors (Lipinski definition) is 1. The highest BCUT2D eigenvalue weighted by molar-refractivity contribution is 14.1. The molecule has 0 atom stereocenters. The standard InChI is InChI=1S/C15H14INO3S/c1-10-3-8-13(21(2,19)20)9-14(10)15(18)17-12-6-4-11(16)5-7-12/h3-9H,1-2H3,(H,17,18). The number of anilines is 1. The van der Waals surface area contributed by atoms with E-state index in [-0.39, 0.29) is 10.8 Å². The Morgan fingerprint density at radius 3 is 2.29 bits per heavy atom. The van der Waals surface area contributed by atoms with Crippen LogP contribution in [0.4, 0.5) is 5.69 Å². The van der Waals surface area contributed by atoms with Crippen LogP contribution >= 0.6 is 22.6 Å². The van der Waals surface area contributed by atoms with Gasteiger partial charge in [-0.2, -0.15) is 0 Å². The Balaban J connectivity index is 2.32. The number of amides is 1. The molecule has 0 radical (unpaired) electrons. The second-order valence-corrected chi connectivity index (χ2v) is 7.97. The highest BCUT2D eigenvalue weighted by Gasteiger charge is 2.14. The molecule has 0 saturated heterocycles. The van der Waals surface area contributed by atoms with Gasteiger partial charge in [0.15, 0.2) is 9.84 Å². The van der Waals surface area contributed by atoms with Crippen molar-refractivity contribution in [3.8, 4) is 0 Å². The van der Waals surface area contributed by atoms with E-state index in [1.165, 1.54) is 12.1 Å². The molecule has 0 heterocycles. The van der Waals surface area contributed by atoms with Crippen LogP contribution in [0.25, 0.3) is 0 Å². The van der Waals surface area contributed by atoms with Crippen molar-refractivity contribution in [1.29, 1.82) is 0 Å². The van der Waals surface area contributed by atoms with Crippen molar-refractivity contribution in [3.63, 3.8) is 0 Å². The van der Waals surface area contributed by atoms with Crippen molar-refractivity contribution in [2.75, 3.05) is 11.6 Å². The van der Waals surface area contributed by atoms with E-state index < -0.39 is 9.84 Å². The zero-order valence-electron chi connectivity index (χ0n) is 11.6. The van der Waals surface area contributed by atoms with Gasteiger partial charge in [0, 0.05) is 21.1 Å². The Hall–Kier alpha value is -1.41. The van der Waals surface area contributed by atoms with E-state index in [4.69, 9.17) is 0 Å². The van der Waals surface area contributed by atoms with Crippen LogP contribution < -0.4 is 5.32 Å². The van der Waals surface area contributed by atoms with Crippen LogP contribution in [0.1, 0.15) is 15.9 Å². The molecular formula is C15H14INO3S. The molecule has 0 aliphatic carbocycles. The first-order valence-corrected chi connectivity index (χ1v) is 9.12.